The van der Waals surface area contributed by atoms with Gasteiger partial charge in [0.1, 0.15) is 23.2 Å². The van der Waals surface area contributed by atoms with Crippen LogP contribution in [0.4, 0.5) is 0 Å². The van der Waals surface area contributed by atoms with Crippen LogP contribution in [0, 0.1) is 13.8 Å². The average molecular weight is 697 g/mol. The molecule has 0 spiro atoms. The first-order chi connectivity index (χ1) is 26.7. The van der Waals surface area contributed by atoms with Crippen LogP contribution in [-0.2, 0) is 6.42 Å². The number of para-hydroxylation sites is 6. The van der Waals surface area contributed by atoms with Crippen molar-refractivity contribution in [3.05, 3.63) is 197 Å². The van der Waals surface area contributed by atoms with Crippen molar-refractivity contribution in [3.8, 4) is 34.2 Å². The highest BCUT2D eigenvalue weighted by molar-refractivity contribution is 6.08. The first kappa shape index (κ1) is 31.7. The number of rotatable bonds is 4. The van der Waals surface area contributed by atoms with E-state index in [0.29, 0.717) is 13.0 Å². The number of nitrogens with zero attached hydrogens (tertiary/aromatic N) is 6. The predicted molar refractivity (Wildman–Crippen MR) is 220 cm³/mol. The maximum atomic E-state index is 5.49. The molecule has 0 atom stereocenters. The van der Waals surface area contributed by atoms with Crippen molar-refractivity contribution in [2.75, 3.05) is 6.54 Å². The second-order valence-corrected chi connectivity index (χ2v) is 13.8. The third kappa shape index (κ3) is 5.07. The maximum absolute atomic E-state index is 5.49. The molecule has 0 amide bonds. The Hall–Kier alpha value is -7.01. The Kier molecular flexibility index (Phi) is 7.57. The largest absolute Gasteiger partial charge is 0.315 e. The number of aromatic nitrogens is 4. The summed E-state index contributed by atoms with van der Waals surface area (Å²) in [4.78, 5) is 18.6. The van der Waals surface area contributed by atoms with Crippen LogP contribution in [0.2, 0.25) is 0 Å². The molecule has 0 fully saturated rings. The zero-order valence-electron chi connectivity index (χ0n) is 30.1. The minimum absolute atomic E-state index is 0.644. The molecule has 2 bridgehead atoms. The van der Waals surface area contributed by atoms with Crippen LogP contribution in [0.1, 0.15) is 22.3 Å². The molecule has 10 rings (SSSR count). The third-order valence-corrected chi connectivity index (χ3v) is 10.6. The molecule has 6 heteroatoms. The number of hydrogen-bond donors (Lipinski definition) is 0. The van der Waals surface area contributed by atoms with Gasteiger partial charge < -0.3 is 4.90 Å². The number of amidine groups is 1. The molecule has 7 aromatic rings. The second-order valence-electron chi connectivity index (χ2n) is 13.8. The lowest BCUT2D eigenvalue weighted by atomic mass is 9.84. The summed E-state index contributed by atoms with van der Waals surface area (Å²) in [5, 5.41) is 0. The molecule has 0 N–H and O–H groups in total. The van der Waals surface area contributed by atoms with Gasteiger partial charge in [-0.15, -0.1) is 0 Å². The molecule has 3 aliphatic rings. The van der Waals surface area contributed by atoms with Crippen LogP contribution in [0.25, 0.3) is 56.2 Å². The molecule has 6 nitrogen and oxygen atoms in total. The van der Waals surface area contributed by atoms with Crippen LogP contribution < -0.4 is 0 Å². The molecule has 0 saturated heterocycles. The second kappa shape index (κ2) is 12.9. The number of benzene rings is 5. The Morgan fingerprint density at radius 2 is 1.11 bits per heavy atom. The molecule has 2 aliphatic heterocycles. The number of allylic oxidation sites excluding steroid dienone is 6. The number of fused-ring (bicyclic) bond motifs is 6. The Balaban J connectivity index is 1.39. The van der Waals surface area contributed by atoms with Gasteiger partial charge in [0.25, 0.3) is 0 Å². The quantitative estimate of drug-likeness (QED) is 0.172. The molecule has 1 aliphatic carbocycles. The molecule has 2 aromatic heterocycles. The summed E-state index contributed by atoms with van der Waals surface area (Å²) in [6.45, 7) is 5.14. The highest BCUT2D eigenvalue weighted by atomic mass is 15.2. The standard InChI is InChI=1S/C48H36N6/c1-32-43(47-50-39-26-14-16-28-41(39)53(47)35-20-7-5-8-21-35)33(2)45(48-51-40-27-15-17-29-42(40)54(48)36-22-9-6-10-23-36)38-25-11-3-4-18-30-52-37-24-13-12-19-34(31-37)49-46(52)44(32)38/h3-24,26-29H,25,30H2,1-2H3/b11-3-,18-4-. The Morgan fingerprint density at radius 3 is 1.78 bits per heavy atom. The minimum Gasteiger partial charge on any atom is -0.315 e. The normalized spacial score (nSPS) is 16.0. The number of imidazole rings is 2. The highest BCUT2D eigenvalue weighted by Gasteiger charge is 2.33. The van der Waals surface area contributed by atoms with E-state index in [-0.39, 0.29) is 0 Å². The van der Waals surface area contributed by atoms with Gasteiger partial charge in [0.2, 0.25) is 0 Å². The molecular weight excluding hydrogens is 661 g/mol. The van der Waals surface area contributed by atoms with Gasteiger partial charge >= 0.3 is 0 Å². The lowest BCUT2D eigenvalue weighted by Crippen LogP contribution is -2.34. The number of aliphatic imine (C=N–C) groups is 1. The summed E-state index contributed by atoms with van der Waals surface area (Å²) in [5.41, 5.74) is 18.1. The smallest absolute Gasteiger partial charge is 0.146 e. The van der Waals surface area contributed by atoms with Crippen LogP contribution in [-0.4, -0.2) is 36.4 Å². The Bertz CT molecular complexity index is 2870. The van der Waals surface area contributed by atoms with Gasteiger partial charge in [0.05, 0.1) is 27.8 Å². The summed E-state index contributed by atoms with van der Waals surface area (Å²) in [5.74, 6) is 2.67. The van der Waals surface area contributed by atoms with E-state index in [1.807, 2.05) is 12.2 Å². The zero-order valence-corrected chi connectivity index (χ0v) is 30.1. The summed E-state index contributed by atoms with van der Waals surface area (Å²) < 4.78 is 4.62. The average Bonchev–Trinajstić information content (AvgIpc) is 3.71. The van der Waals surface area contributed by atoms with E-state index in [4.69, 9.17) is 15.0 Å². The van der Waals surface area contributed by atoms with Crippen LogP contribution >= 0.6 is 0 Å². The highest BCUT2D eigenvalue weighted by Crippen LogP contribution is 2.44. The first-order valence-electron chi connectivity index (χ1n) is 18.4. The van der Waals surface area contributed by atoms with Crippen molar-refractivity contribution in [1.82, 2.24) is 24.0 Å². The first-order valence-corrected chi connectivity index (χ1v) is 18.4. The SMILES string of the molecule is Cc1c2c(c(-c3nc4ccccc4n3-c3ccccc3)c(C)c1-c1nc3ccccc3n1-c1ccccc1)C/C=C\C=C/CN1C3=C=C(C=CC=C3)N=C21. The molecule has 258 valence electrons. The fourth-order valence-corrected chi connectivity index (χ4v) is 8.22. The van der Waals surface area contributed by atoms with Gasteiger partial charge in [-0.25, -0.2) is 15.0 Å². The molecule has 0 unspecified atom stereocenters. The zero-order chi connectivity index (χ0) is 36.2. The summed E-state index contributed by atoms with van der Waals surface area (Å²) in [7, 11) is 0. The van der Waals surface area contributed by atoms with Crippen LogP contribution in [0.3, 0.4) is 0 Å². The summed E-state index contributed by atoms with van der Waals surface area (Å²) >= 11 is 0. The van der Waals surface area contributed by atoms with Crippen molar-refractivity contribution >= 4 is 27.9 Å². The summed E-state index contributed by atoms with van der Waals surface area (Å²) in [6, 6.07) is 38.0. The van der Waals surface area contributed by atoms with Crippen LogP contribution in [0.5, 0.6) is 0 Å². The molecule has 54 heavy (non-hydrogen) atoms. The molecular formula is C48H36N6. The lowest BCUT2D eigenvalue weighted by Gasteiger charge is -2.32. The van der Waals surface area contributed by atoms with Crippen molar-refractivity contribution in [2.45, 2.75) is 20.3 Å². The van der Waals surface area contributed by atoms with Crippen molar-refractivity contribution in [2.24, 2.45) is 4.99 Å². The van der Waals surface area contributed by atoms with Gasteiger partial charge in [-0.3, -0.25) is 9.13 Å². The summed E-state index contributed by atoms with van der Waals surface area (Å²) in [6.07, 6.45) is 17.7. The Morgan fingerprint density at radius 1 is 0.556 bits per heavy atom. The van der Waals surface area contributed by atoms with E-state index in [2.05, 4.69) is 179 Å². The third-order valence-electron chi connectivity index (χ3n) is 10.6. The van der Waals surface area contributed by atoms with Gasteiger partial charge in [-0.05, 0) is 97.6 Å². The monoisotopic (exact) mass is 696 g/mol. The van der Waals surface area contributed by atoms with E-state index < -0.39 is 0 Å². The van der Waals surface area contributed by atoms with E-state index in [1.54, 1.807) is 0 Å². The lowest BCUT2D eigenvalue weighted by molar-refractivity contribution is 0.583. The van der Waals surface area contributed by atoms with E-state index in [9.17, 15) is 0 Å². The van der Waals surface area contributed by atoms with E-state index >= 15 is 0 Å². The molecule has 4 heterocycles. The van der Waals surface area contributed by atoms with Crippen molar-refractivity contribution in [1.29, 1.82) is 0 Å². The maximum Gasteiger partial charge on any atom is 0.146 e. The van der Waals surface area contributed by atoms with Crippen molar-refractivity contribution in [3.63, 3.8) is 0 Å². The fourth-order valence-electron chi connectivity index (χ4n) is 8.22. The van der Waals surface area contributed by atoms with E-state index in [0.717, 1.165) is 90.1 Å². The molecule has 5 aromatic carbocycles. The van der Waals surface area contributed by atoms with E-state index in [1.165, 1.54) is 5.56 Å². The molecule has 0 saturated carbocycles. The van der Waals surface area contributed by atoms with Gasteiger partial charge in [-0.2, -0.15) is 0 Å². The topological polar surface area (TPSA) is 51.2 Å². The molecule has 0 radical (unpaired) electrons. The van der Waals surface area contributed by atoms with Crippen LogP contribution in [0.15, 0.2) is 180 Å². The minimum atomic E-state index is 0.644. The predicted octanol–water partition coefficient (Wildman–Crippen LogP) is 10.5. The van der Waals surface area contributed by atoms with Gasteiger partial charge in [0, 0.05) is 34.6 Å². The van der Waals surface area contributed by atoms with Gasteiger partial charge in [-0.1, -0.05) is 103 Å². The fraction of sp³-hybridized carbons (Fsp3) is 0.0833. The Labute approximate surface area is 314 Å². The van der Waals surface area contributed by atoms with Gasteiger partial charge in [0.15, 0.2) is 0 Å². The van der Waals surface area contributed by atoms with Crippen molar-refractivity contribution < 1.29 is 0 Å². The number of hydrogen-bond acceptors (Lipinski definition) is 4.